The lowest BCUT2D eigenvalue weighted by Gasteiger charge is -2.16. The van der Waals surface area contributed by atoms with Crippen molar-refractivity contribution in [2.75, 3.05) is 13.2 Å². The Balaban J connectivity index is 1.49. The van der Waals surface area contributed by atoms with Crippen LogP contribution in [-0.4, -0.2) is 28.8 Å². The Bertz CT molecular complexity index is 814. The van der Waals surface area contributed by atoms with Gasteiger partial charge in [-0.1, -0.05) is 18.2 Å². The highest BCUT2D eigenvalue weighted by atomic mass is 16.5. The third kappa shape index (κ3) is 4.47. The molecule has 0 atom stereocenters. The fourth-order valence-corrected chi connectivity index (χ4v) is 2.98. The van der Waals surface area contributed by atoms with Crippen LogP contribution in [0.15, 0.2) is 35.1 Å². The summed E-state index contributed by atoms with van der Waals surface area (Å²) in [5, 5.41) is 7.20. The Morgan fingerprint density at radius 3 is 2.92 bits per heavy atom. The van der Waals surface area contributed by atoms with Crippen LogP contribution in [0.3, 0.4) is 0 Å². The molecule has 1 aliphatic carbocycles. The van der Waals surface area contributed by atoms with Gasteiger partial charge in [-0.25, -0.2) is 4.68 Å². The summed E-state index contributed by atoms with van der Waals surface area (Å²) >= 11 is 0. The molecule has 0 aliphatic heterocycles. The molecular weight excluding hydrogens is 318 g/mol. The van der Waals surface area contributed by atoms with Crippen LogP contribution in [0.5, 0.6) is 5.75 Å². The minimum absolute atomic E-state index is 0.0443. The summed E-state index contributed by atoms with van der Waals surface area (Å²) < 4.78 is 6.94. The van der Waals surface area contributed by atoms with Crippen LogP contribution in [-0.2, 0) is 24.2 Å². The van der Waals surface area contributed by atoms with Crippen molar-refractivity contribution in [1.29, 1.82) is 0 Å². The molecule has 6 nitrogen and oxygen atoms in total. The van der Waals surface area contributed by atoms with Crippen molar-refractivity contribution in [2.45, 2.75) is 39.2 Å². The SMILES string of the molecule is Cc1ccccc1OCC(=O)NCCn1nc2c(cc1=O)CCCC2. The van der Waals surface area contributed by atoms with Gasteiger partial charge in [-0.15, -0.1) is 0 Å². The minimum atomic E-state index is -0.214. The fourth-order valence-electron chi connectivity index (χ4n) is 2.98. The maximum absolute atomic E-state index is 12.1. The summed E-state index contributed by atoms with van der Waals surface area (Å²) in [6.45, 7) is 2.60. The molecule has 132 valence electrons. The number of fused-ring (bicyclic) bond motifs is 1. The number of aryl methyl sites for hydroxylation is 3. The highest BCUT2D eigenvalue weighted by Gasteiger charge is 2.13. The average Bonchev–Trinajstić information content (AvgIpc) is 2.61. The summed E-state index contributed by atoms with van der Waals surface area (Å²) in [6, 6.07) is 9.24. The molecule has 0 fully saturated rings. The second kappa shape index (κ2) is 7.96. The van der Waals surface area contributed by atoms with Crippen LogP contribution >= 0.6 is 0 Å². The van der Waals surface area contributed by atoms with Gasteiger partial charge in [-0.05, 0) is 49.8 Å². The van der Waals surface area contributed by atoms with E-state index in [-0.39, 0.29) is 18.1 Å². The monoisotopic (exact) mass is 341 g/mol. The van der Waals surface area contributed by atoms with E-state index in [1.807, 2.05) is 31.2 Å². The van der Waals surface area contributed by atoms with E-state index in [2.05, 4.69) is 10.4 Å². The van der Waals surface area contributed by atoms with E-state index in [1.165, 1.54) is 4.68 Å². The zero-order valence-corrected chi connectivity index (χ0v) is 14.5. The number of nitrogens with one attached hydrogen (secondary N) is 1. The van der Waals surface area contributed by atoms with Gasteiger partial charge in [0.05, 0.1) is 12.2 Å². The highest BCUT2D eigenvalue weighted by molar-refractivity contribution is 5.77. The molecule has 1 aromatic carbocycles. The lowest BCUT2D eigenvalue weighted by Crippen LogP contribution is -2.35. The maximum Gasteiger partial charge on any atom is 0.267 e. The Hall–Kier alpha value is -2.63. The van der Waals surface area contributed by atoms with E-state index < -0.39 is 0 Å². The molecule has 0 saturated carbocycles. The maximum atomic E-state index is 12.1. The summed E-state index contributed by atoms with van der Waals surface area (Å²) in [4.78, 5) is 24.0. The lowest BCUT2D eigenvalue weighted by molar-refractivity contribution is -0.123. The van der Waals surface area contributed by atoms with Gasteiger partial charge in [-0.3, -0.25) is 9.59 Å². The number of nitrogens with zero attached hydrogens (tertiary/aromatic N) is 2. The van der Waals surface area contributed by atoms with E-state index in [1.54, 1.807) is 6.07 Å². The zero-order chi connectivity index (χ0) is 17.6. The summed E-state index contributed by atoms with van der Waals surface area (Å²) in [5.74, 6) is 0.486. The number of carbonyl (C=O) groups excluding carboxylic acids is 1. The Kier molecular flexibility index (Phi) is 5.48. The van der Waals surface area contributed by atoms with Crippen molar-refractivity contribution in [3.8, 4) is 5.75 Å². The first-order valence-corrected chi connectivity index (χ1v) is 8.68. The number of aromatic nitrogens is 2. The Labute approximate surface area is 146 Å². The van der Waals surface area contributed by atoms with Crippen molar-refractivity contribution in [1.82, 2.24) is 15.1 Å². The lowest BCUT2D eigenvalue weighted by atomic mass is 9.97. The topological polar surface area (TPSA) is 73.2 Å². The van der Waals surface area contributed by atoms with Gasteiger partial charge in [0.1, 0.15) is 5.75 Å². The third-order valence-corrected chi connectivity index (χ3v) is 4.37. The molecule has 0 spiro atoms. The highest BCUT2D eigenvalue weighted by Crippen LogP contribution is 2.17. The number of carbonyl (C=O) groups is 1. The molecule has 25 heavy (non-hydrogen) atoms. The van der Waals surface area contributed by atoms with Gasteiger partial charge in [0.2, 0.25) is 0 Å². The third-order valence-electron chi connectivity index (χ3n) is 4.37. The largest absolute Gasteiger partial charge is 0.484 e. The van der Waals surface area contributed by atoms with Crippen molar-refractivity contribution in [3.05, 3.63) is 57.5 Å². The summed E-state index contributed by atoms with van der Waals surface area (Å²) in [6.07, 6.45) is 4.10. The second-order valence-corrected chi connectivity index (χ2v) is 6.29. The molecule has 1 heterocycles. The van der Waals surface area contributed by atoms with Crippen LogP contribution in [0, 0.1) is 6.92 Å². The second-order valence-electron chi connectivity index (χ2n) is 6.29. The van der Waals surface area contributed by atoms with E-state index in [9.17, 15) is 9.59 Å². The molecular formula is C19H23N3O3. The van der Waals surface area contributed by atoms with Crippen LogP contribution in [0.4, 0.5) is 0 Å². The van der Waals surface area contributed by atoms with Crippen LogP contribution < -0.4 is 15.6 Å². The standard InChI is InChI=1S/C19H23N3O3/c1-14-6-2-5-9-17(14)25-13-18(23)20-10-11-22-19(24)12-15-7-3-4-8-16(15)21-22/h2,5-6,9,12H,3-4,7-8,10-11,13H2,1H3,(H,20,23). The molecule has 6 heteroatoms. The first-order chi connectivity index (χ1) is 12.1. The molecule has 1 aliphatic rings. The fraction of sp³-hybridized carbons (Fsp3) is 0.421. The minimum Gasteiger partial charge on any atom is -0.484 e. The normalized spacial score (nSPS) is 13.2. The number of rotatable bonds is 6. The van der Waals surface area contributed by atoms with Gasteiger partial charge >= 0.3 is 0 Å². The van der Waals surface area contributed by atoms with Gasteiger partial charge in [0.15, 0.2) is 6.61 Å². The molecule has 0 bridgehead atoms. The quantitative estimate of drug-likeness (QED) is 0.867. The van der Waals surface area contributed by atoms with Crippen LogP contribution in [0.2, 0.25) is 0 Å². The van der Waals surface area contributed by atoms with Gasteiger partial charge < -0.3 is 10.1 Å². The van der Waals surface area contributed by atoms with Crippen molar-refractivity contribution >= 4 is 5.91 Å². The first-order valence-electron chi connectivity index (χ1n) is 8.68. The summed E-state index contributed by atoms with van der Waals surface area (Å²) in [7, 11) is 0. The molecule has 3 rings (SSSR count). The van der Waals surface area contributed by atoms with Crippen molar-refractivity contribution in [3.63, 3.8) is 0 Å². The van der Waals surface area contributed by atoms with Crippen molar-refractivity contribution in [2.24, 2.45) is 0 Å². The predicted octanol–water partition coefficient (Wildman–Crippen LogP) is 1.63. The average molecular weight is 341 g/mol. The zero-order valence-electron chi connectivity index (χ0n) is 14.5. The van der Waals surface area contributed by atoms with E-state index in [4.69, 9.17) is 4.74 Å². The number of para-hydroxylation sites is 1. The number of amides is 1. The molecule has 2 aromatic rings. The van der Waals surface area contributed by atoms with Crippen LogP contribution in [0.25, 0.3) is 0 Å². The van der Waals surface area contributed by atoms with E-state index >= 15 is 0 Å². The van der Waals surface area contributed by atoms with E-state index in [0.717, 1.165) is 42.5 Å². The molecule has 0 radical (unpaired) electrons. The van der Waals surface area contributed by atoms with Crippen LogP contribution in [0.1, 0.15) is 29.7 Å². The Morgan fingerprint density at radius 2 is 2.08 bits per heavy atom. The molecule has 0 saturated heterocycles. The predicted molar refractivity (Wildman–Crippen MR) is 94.8 cm³/mol. The Morgan fingerprint density at radius 1 is 1.28 bits per heavy atom. The summed E-state index contributed by atoms with van der Waals surface area (Å²) in [5.41, 5.74) is 2.97. The number of hydrogen-bond acceptors (Lipinski definition) is 4. The smallest absolute Gasteiger partial charge is 0.267 e. The number of hydrogen-bond donors (Lipinski definition) is 1. The molecule has 1 aromatic heterocycles. The van der Waals surface area contributed by atoms with Gasteiger partial charge in [0.25, 0.3) is 11.5 Å². The molecule has 0 unspecified atom stereocenters. The number of benzene rings is 1. The van der Waals surface area contributed by atoms with Crippen molar-refractivity contribution < 1.29 is 9.53 Å². The van der Waals surface area contributed by atoms with E-state index in [0.29, 0.717) is 18.8 Å². The molecule has 1 amide bonds. The molecule has 1 N–H and O–H groups in total. The van der Waals surface area contributed by atoms with Gasteiger partial charge in [0, 0.05) is 12.6 Å². The van der Waals surface area contributed by atoms with Gasteiger partial charge in [-0.2, -0.15) is 5.10 Å². The first kappa shape index (κ1) is 17.2. The number of ether oxygens (including phenoxy) is 1.